The Kier molecular flexibility index (Phi) is 7.71. The summed E-state index contributed by atoms with van der Waals surface area (Å²) in [5.74, 6) is 1.31. The van der Waals surface area contributed by atoms with Gasteiger partial charge in [-0.25, -0.2) is 9.18 Å². The number of rotatable bonds is 7. The second kappa shape index (κ2) is 10.3. The molecule has 3 rings (SSSR count). The summed E-state index contributed by atoms with van der Waals surface area (Å²) in [7, 11) is 0. The molecule has 0 aliphatic carbocycles. The van der Waals surface area contributed by atoms with E-state index in [9.17, 15) is 14.0 Å². The van der Waals surface area contributed by atoms with E-state index >= 15 is 0 Å². The number of nitrogens with one attached hydrogen (secondary N) is 1. The minimum absolute atomic E-state index is 0.168. The van der Waals surface area contributed by atoms with Crippen molar-refractivity contribution < 1.29 is 18.7 Å². The smallest absolute Gasteiger partial charge is 0.414 e. The Balaban J connectivity index is 1.57. The molecule has 1 atom stereocenters. The van der Waals surface area contributed by atoms with Gasteiger partial charge in [-0.3, -0.25) is 9.69 Å². The van der Waals surface area contributed by atoms with Gasteiger partial charge in [0, 0.05) is 24.6 Å². The number of ether oxygens (including phenoxy) is 1. The van der Waals surface area contributed by atoms with Crippen molar-refractivity contribution in [3.05, 3.63) is 46.5 Å². The number of carbonyl (C=O) groups excluding carboxylic acids is 2. The molecule has 2 aliphatic rings. The molecule has 6 nitrogen and oxygen atoms in total. The average molecular weight is 452 g/mol. The number of cyclic esters (lactones) is 1. The van der Waals surface area contributed by atoms with Crippen molar-refractivity contribution >= 4 is 46.9 Å². The summed E-state index contributed by atoms with van der Waals surface area (Å²) in [5.41, 5.74) is 1.01. The Morgan fingerprint density at radius 1 is 1.43 bits per heavy atom. The summed E-state index contributed by atoms with van der Waals surface area (Å²) < 4.78 is 20.0. The van der Waals surface area contributed by atoms with Crippen LogP contribution in [0.3, 0.4) is 0 Å². The van der Waals surface area contributed by atoms with Crippen molar-refractivity contribution in [2.24, 2.45) is 0 Å². The van der Waals surface area contributed by atoms with Gasteiger partial charge >= 0.3 is 6.09 Å². The Bertz CT molecular complexity index is 856. The van der Waals surface area contributed by atoms with Crippen molar-refractivity contribution in [3.63, 3.8) is 0 Å². The van der Waals surface area contributed by atoms with E-state index in [0.29, 0.717) is 16.3 Å². The Hall–Kier alpha value is -2.13. The zero-order valence-electron chi connectivity index (χ0n) is 17.2. The van der Waals surface area contributed by atoms with Gasteiger partial charge in [0.1, 0.15) is 11.9 Å². The molecule has 1 aromatic carbocycles. The van der Waals surface area contributed by atoms with Gasteiger partial charge in [0.2, 0.25) is 0 Å². The van der Waals surface area contributed by atoms with E-state index in [2.05, 4.69) is 11.9 Å². The predicted octanol–water partition coefficient (Wildman–Crippen LogP) is 3.99. The van der Waals surface area contributed by atoms with Gasteiger partial charge in [-0.05, 0) is 37.0 Å². The van der Waals surface area contributed by atoms with Crippen LogP contribution >= 0.6 is 23.5 Å². The molecule has 0 unspecified atom stereocenters. The van der Waals surface area contributed by atoms with E-state index in [1.54, 1.807) is 12.1 Å². The molecule has 0 saturated carbocycles. The molecule has 2 heterocycles. The quantitative estimate of drug-likeness (QED) is 0.633. The monoisotopic (exact) mass is 451 g/mol. The van der Waals surface area contributed by atoms with Crippen LogP contribution < -0.4 is 15.1 Å². The normalized spacial score (nSPS) is 19.6. The maximum absolute atomic E-state index is 14.7. The second-order valence-electron chi connectivity index (χ2n) is 6.99. The lowest BCUT2D eigenvalue weighted by molar-refractivity contribution is -0.117. The number of hydrogen-bond acceptors (Lipinski definition) is 6. The van der Waals surface area contributed by atoms with E-state index in [1.807, 2.05) is 36.6 Å². The van der Waals surface area contributed by atoms with Crippen LogP contribution in [0.15, 0.2) is 40.7 Å². The lowest BCUT2D eigenvalue weighted by Gasteiger charge is -2.29. The van der Waals surface area contributed by atoms with Crippen LogP contribution in [0.2, 0.25) is 0 Å². The SMILES string of the molecule is C=C(S/C(C)=C\C)C(=O)NC[C@H]1CN(c2ccc(N3CCSCC3)c(F)c2)C(=O)O1. The highest BCUT2D eigenvalue weighted by Crippen LogP contribution is 2.29. The number of halogens is 1. The van der Waals surface area contributed by atoms with E-state index in [1.165, 1.54) is 22.7 Å². The topological polar surface area (TPSA) is 61.9 Å². The van der Waals surface area contributed by atoms with Crippen LogP contribution in [-0.4, -0.2) is 55.8 Å². The average Bonchev–Trinajstić information content (AvgIpc) is 3.12. The van der Waals surface area contributed by atoms with E-state index in [0.717, 1.165) is 29.5 Å². The lowest BCUT2D eigenvalue weighted by atomic mass is 10.2. The lowest BCUT2D eigenvalue weighted by Crippen LogP contribution is -2.35. The molecule has 30 heavy (non-hydrogen) atoms. The third-order valence-electron chi connectivity index (χ3n) is 4.90. The van der Waals surface area contributed by atoms with E-state index in [4.69, 9.17) is 4.74 Å². The Morgan fingerprint density at radius 3 is 2.83 bits per heavy atom. The third kappa shape index (κ3) is 5.51. The molecule has 0 spiro atoms. The molecular formula is C21H26FN3O3S2. The van der Waals surface area contributed by atoms with Crippen molar-refractivity contribution in [2.45, 2.75) is 20.0 Å². The summed E-state index contributed by atoms with van der Waals surface area (Å²) in [6, 6.07) is 4.83. The van der Waals surface area contributed by atoms with Crippen molar-refractivity contribution in [2.75, 3.05) is 47.5 Å². The van der Waals surface area contributed by atoms with Gasteiger partial charge in [0.05, 0.1) is 29.4 Å². The first-order valence-corrected chi connectivity index (χ1v) is 11.7. The van der Waals surface area contributed by atoms with E-state index < -0.39 is 12.2 Å². The van der Waals surface area contributed by atoms with Crippen LogP contribution in [-0.2, 0) is 9.53 Å². The highest BCUT2D eigenvalue weighted by atomic mass is 32.2. The van der Waals surface area contributed by atoms with Gasteiger partial charge in [-0.15, -0.1) is 0 Å². The molecule has 1 N–H and O–H groups in total. The number of nitrogens with zero attached hydrogens (tertiary/aromatic N) is 2. The fraction of sp³-hybridized carbons (Fsp3) is 0.429. The molecule has 9 heteroatoms. The third-order valence-corrected chi connectivity index (χ3v) is 6.84. The Labute approximate surface area is 184 Å². The zero-order valence-corrected chi connectivity index (χ0v) is 18.8. The number of anilines is 2. The maximum atomic E-state index is 14.7. The minimum atomic E-state index is -0.547. The molecular weight excluding hydrogens is 425 g/mol. The van der Waals surface area contributed by atoms with Crippen molar-refractivity contribution in [1.82, 2.24) is 5.32 Å². The summed E-state index contributed by atoms with van der Waals surface area (Å²) in [4.78, 5) is 29.2. The van der Waals surface area contributed by atoms with Gasteiger partial charge in [0.15, 0.2) is 0 Å². The molecule has 1 aromatic rings. The largest absolute Gasteiger partial charge is 0.442 e. The van der Waals surface area contributed by atoms with Gasteiger partial charge < -0.3 is 15.0 Å². The van der Waals surface area contributed by atoms with Crippen LogP contribution in [0.25, 0.3) is 0 Å². The minimum Gasteiger partial charge on any atom is -0.442 e. The molecule has 0 radical (unpaired) electrons. The number of benzene rings is 1. The van der Waals surface area contributed by atoms with Gasteiger partial charge in [-0.1, -0.05) is 24.4 Å². The molecule has 162 valence electrons. The van der Waals surface area contributed by atoms with E-state index in [-0.39, 0.29) is 24.8 Å². The van der Waals surface area contributed by atoms with Crippen molar-refractivity contribution in [1.29, 1.82) is 0 Å². The summed E-state index contributed by atoms with van der Waals surface area (Å²) in [5, 5.41) is 2.74. The Morgan fingerprint density at radius 2 is 2.17 bits per heavy atom. The summed E-state index contributed by atoms with van der Waals surface area (Å²) in [6.45, 7) is 9.59. The first kappa shape index (κ1) is 22.6. The molecule has 0 bridgehead atoms. The molecule has 2 fully saturated rings. The number of hydrogen-bond donors (Lipinski definition) is 1. The first-order valence-electron chi connectivity index (χ1n) is 9.77. The molecule has 2 saturated heterocycles. The van der Waals surface area contributed by atoms with Gasteiger partial charge in [0.25, 0.3) is 5.91 Å². The van der Waals surface area contributed by atoms with Crippen LogP contribution in [0, 0.1) is 5.82 Å². The van der Waals surface area contributed by atoms with Gasteiger partial charge in [-0.2, -0.15) is 11.8 Å². The molecule has 0 aromatic heterocycles. The highest BCUT2D eigenvalue weighted by molar-refractivity contribution is 8.07. The maximum Gasteiger partial charge on any atom is 0.414 e. The first-order chi connectivity index (χ1) is 14.4. The molecule has 2 amide bonds. The van der Waals surface area contributed by atoms with Crippen LogP contribution in [0.1, 0.15) is 13.8 Å². The second-order valence-corrected chi connectivity index (χ2v) is 9.55. The number of thioether (sulfide) groups is 2. The highest BCUT2D eigenvalue weighted by Gasteiger charge is 2.33. The fourth-order valence-corrected chi connectivity index (χ4v) is 4.74. The summed E-state index contributed by atoms with van der Waals surface area (Å²) in [6.07, 6.45) is 0.839. The summed E-state index contributed by atoms with van der Waals surface area (Å²) >= 11 is 3.15. The number of allylic oxidation sites excluding steroid dienone is 2. The van der Waals surface area contributed by atoms with Crippen molar-refractivity contribution in [3.8, 4) is 0 Å². The number of amides is 2. The zero-order chi connectivity index (χ0) is 21.7. The fourth-order valence-electron chi connectivity index (χ4n) is 3.17. The molecule has 2 aliphatic heterocycles. The standard InChI is InChI=1S/C21H26FN3O3S2/c1-4-14(2)30-15(3)20(26)23-12-17-13-25(21(27)28-17)16-5-6-19(18(22)11-16)24-7-9-29-10-8-24/h4-6,11,17H,3,7-10,12-13H2,1-2H3,(H,23,26)/b14-4-/t17-/m0/s1. The number of carbonyl (C=O) groups is 2. The van der Waals surface area contributed by atoms with Crippen LogP contribution in [0.4, 0.5) is 20.6 Å². The predicted molar refractivity (Wildman–Crippen MR) is 123 cm³/mol. The van der Waals surface area contributed by atoms with Crippen LogP contribution in [0.5, 0.6) is 0 Å².